The van der Waals surface area contributed by atoms with Gasteiger partial charge in [-0.05, 0) is 37.1 Å². The molecule has 3 atom stereocenters. The van der Waals surface area contributed by atoms with Gasteiger partial charge in [-0.2, -0.15) is 0 Å². The SMILES string of the molecule is COC(=O)C1NNCC1CN1CCCC1c1ccc(F)cc1. The average Bonchev–Trinajstić information content (AvgIpc) is 3.17. The van der Waals surface area contributed by atoms with Gasteiger partial charge in [-0.3, -0.25) is 15.1 Å². The number of hydrogen-bond donors (Lipinski definition) is 2. The van der Waals surface area contributed by atoms with Crippen molar-refractivity contribution in [1.29, 1.82) is 0 Å². The maximum Gasteiger partial charge on any atom is 0.324 e. The van der Waals surface area contributed by atoms with Crippen molar-refractivity contribution in [3.05, 3.63) is 35.6 Å². The molecule has 2 fully saturated rings. The minimum Gasteiger partial charge on any atom is -0.468 e. The summed E-state index contributed by atoms with van der Waals surface area (Å²) in [6.45, 7) is 2.57. The van der Waals surface area contributed by atoms with E-state index in [1.807, 2.05) is 12.1 Å². The van der Waals surface area contributed by atoms with Gasteiger partial charge >= 0.3 is 5.97 Å². The molecule has 2 aliphatic rings. The van der Waals surface area contributed by atoms with Gasteiger partial charge in [0.1, 0.15) is 11.9 Å². The van der Waals surface area contributed by atoms with Crippen LogP contribution in [0.3, 0.4) is 0 Å². The molecule has 120 valence electrons. The van der Waals surface area contributed by atoms with Crippen LogP contribution in [-0.2, 0) is 9.53 Å². The Kier molecular flexibility index (Phi) is 4.71. The van der Waals surface area contributed by atoms with Crippen molar-refractivity contribution in [1.82, 2.24) is 15.8 Å². The number of hydrogen-bond acceptors (Lipinski definition) is 5. The Balaban J connectivity index is 1.68. The molecule has 2 heterocycles. The molecule has 1 aromatic carbocycles. The van der Waals surface area contributed by atoms with Crippen LogP contribution in [0.15, 0.2) is 24.3 Å². The van der Waals surface area contributed by atoms with Gasteiger partial charge in [0, 0.05) is 25.0 Å². The number of methoxy groups -OCH3 is 1. The lowest BCUT2D eigenvalue weighted by Gasteiger charge is -2.28. The van der Waals surface area contributed by atoms with E-state index in [0.29, 0.717) is 6.04 Å². The Morgan fingerprint density at radius 1 is 1.41 bits per heavy atom. The van der Waals surface area contributed by atoms with Crippen LogP contribution in [0.1, 0.15) is 24.4 Å². The van der Waals surface area contributed by atoms with E-state index in [-0.39, 0.29) is 23.7 Å². The smallest absolute Gasteiger partial charge is 0.324 e. The minimum absolute atomic E-state index is 0.175. The lowest BCUT2D eigenvalue weighted by atomic mass is 9.99. The molecule has 0 amide bonds. The highest BCUT2D eigenvalue weighted by Gasteiger charge is 2.37. The van der Waals surface area contributed by atoms with Crippen LogP contribution in [0.4, 0.5) is 4.39 Å². The standard InChI is InChI=1S/C16H22FN3O2/c1-22-16(21)15-12(9-18-19-15)10-20-8-2-3-14(20)11-4-6-13(17)7-5-11/h4-7,12,14-15,18-19H,2-3,8-10H2,1H3. The number of halogens is 1. The van der Waals surface area contributed by atoms with Crippen molar-refractivity contribution < 1.29 is 13.9 Å². The molecule has 3 rings (SSSR count). The van der Waals surface area contributed by atoms with Crippen molar-refractivity contribution >= 4 is 5.97 Å². The highest BCUT2D eigenvalue weighted by molar-refractivity contribution is 5.76. The minimum atomic E-state index is -0.306. The molecule has 0 aliphatic carbocycles. The van der Waals surface area contributed by atoms with E-state index in [1.54, 1.807) is 0 Å². The van der Waals surface area contributed by atoms with Crippen LogP contribution < -0.4 is 10.9 Å². The molecule has 2 saturated heterocycles. The first-order chi connectivity index (χ1) is 10.7. The molecule has 22 heavy (non-hydrogen) atoms. The zero-order valence-corrected chi connectivity index (χ0v) is 12.7. The third-order valence-corrected chi connectivity index (χ3v) is 4.64. The molecule has 6 heteroatoms. The van der Waals surface area contributed by atoms with Gasteiger partial charge in [-0.25, -0.2) is 9.82 Å². The van der Waals surface area contributed by atoms with E-state index in [4.69, 9.17) is 4.74 Å². The molecular weight excluding hydrogens is 285 g/mol. The van der Waals surface area contributed by atoms with Gasteiger partial charge < -0.3 is 4.74 Å². The van der Waals surface area contributed by atoms with Gasteiger partial charge in [0.05, 0.1) is 7.11 Å². The van der Waals surface area contributed by atoms with Gasteiger partial charge in [0.15, 0.2) is 0 Å². The Morgan fingerprint density at radius 3 is 2.91 bits per heavy atom. The summed E-state index contributed by atoms with van der Waals surface area (Å²) in [6, 6.07) is 6.76. The number of carbonyl (C=O) groups is 1. The summed E-state index contributed by atoms with van der Waals surface area (Å²) in [5.41, 5.74) is 7.18. The van der Waals surface area contributed by atoms with Gasteiger partial charge in [-0.15, -0.1) is 0 Å². The van der Waals surface area contributed by atoms with E-state index in [0.717, 1.165) is 38.0 Å². The number of nitrogens with one attached hydrogen (secondary N) is 2. The fourth-order valence-corrected chi connectivity index (χ4v) is 3.49. The molecule has 0 aromatic heterocycles. The molecular formula is C16H22FN3O2. The van der Waals surface area contributed by atoms with Crippen molar-refractivity contribution in [2.45, 2.75) is 24.9 Å². The van der Waals surface area contributed by atoms with E-state index in [1.165, 1.54) is 19.2 Å². The molecule has 0 saturated carbocycles. The number of nitrogens with zero attached hydrogens (tertiary/aromatic N) is 1. The predicted molar refractivity (Wildman–Crippen MR) is 80.4 cm³/mol. The topological polar surface area (TPSA) is 53.6 Å². The van der Waals surface area contributed by atoms with Crippen molar-refractivity contribution in [2.75, 3.05) is 26.7 Å². The highest BCUT2D eigenvalue weighted by atomic mass is 19.1. The maximum atomic E-state index is 13.1. The molecule has 0 spiro atoms. The quantitative estimate of drug-likeness (QED) is 0.820. The highest BCUT2D eigenvalue weighted by Crippen LogP contribution is 2.33. The van der Waals surface area contributed by atoms with Crippen molar-refractivity contribution in [3.63, 3.8) is 0 Å². The third kappa shape index (κ3) is 3.14. The van der Waals surface area contributed by atoms with Crippen LogP contribution in [0, 0.1) is 11.7 Å². The van der Waals surface area contributed by atoms with Gasteiger partial charge in [-0.1, -0.05) is 12.1 Å². The number of likely N-dealkylation sites (tertiary alicyclic amines) is 1. The van der Waals surface area contributed by atoms with Crippen molar-refractivity contribution in [2.24, 2.45) is 5.92 Å². The normalized spacial score (nSPS) is 28.9. The summed E-state index contributed by atoms with van der Waals surface area (Å²) < 4.78 is 17.9. The Hall–Kier alpha value is -1.50. The molecule has 0 radical (unpaired) electrons. The summed E-state index contributed by atoms with van der Waals surface area (Å²) in [5, 5.41) is 0. The van der Waals surface area contributed by atoms with Crippen LogP contribution in [0.25, 0.3) is 0 Å². The summed E-state index contributed by atoms with van der Waals surface area (Å²) in [6.07, 6.45) is 2.20. The number of rotatable bonds is 4. The molecule has 3 unspecified atom stereocenters. The Bertz CT molecular complexity index is 523. The first kappa shape index (κ1) is 15.4. The monoisotopic (exact) mass is 307 g/mol. The fourth-order valence-electron chi connectivity index (χ4n) is 3.49. The number of hydrazine groups is 1. The Morgan fingerprint density at radius 2 is 2.18 bits per heavy atom. The van der Waals surface area contributed by atoms with E-state index < -0.39 is 0 Å². The summed E-state index contributed by atoms with van der Waals surface area (Å²) in [4.78, 5) is 14.2. The molecule has 5 nitrogen and oxygen atoms in total. The number of benzene rings is 1. The molecule has 2 N–H and O–H groups in total. The van der Waals surface area contributed by atoms with Crippen LogP contribution in [0.5, 0.6) is 0 Å². The van der Waals surface area contributed by atoms with E-state index >= 15 is 0 Å². The number of carbonyl (C=O) groups excluding carboxylic acids is 1. The molecule has 2 aliphatic heterocycles. The number of esters is 1. The van der Waals surface area contributed by atoms with Crippen LogP contribution >= 0.6 is 0 Å². The molecule has 0 bridgehead atoms. The zero-order valence-electron chi connectivity index (χ0n) is 12.7. The lowest BCUT2D eigenvalue weighted by molar-refractivity contribution is -0.144. The maximum absolute atomic E-state index is 13.1. The van der Waals surface area contributed by atoms with Crippen molar-refractivity contribution in [3.8, 4) is 0 Å². The second-order valence-corrected chi connectivity index (χ2v) is 5.99. The summed E-state index contributed by atoms with van der Waals surface area (Å²) in [5.74, 6) is -0.260. The first-order valence-electron chi connectivity index (χ1n) is 7.75. The zero-order chi connectivity index (χ0) is 15.5. The fraction of sp³-hybridized carbons (Fsp3) is 0.562. The number of ether oxygens (including phenoxy) is 1. The van der Waals surface area contributed by atoms with E-state index in [9.17, 15) is 9.18 Å². The molecule has 1 aromatic rings. The lowest BCUT2D eigenvalue weighted by Crippen LogP contribution is -2.43. The average molecular weight is 307 g/mol. The largest absolute Gasteiger partial charge is 0.468 e. The van der Waals surface area contributed by atoms with Crippen LogP contribution in [-0.4, -0.2) is 43.7 Å². The Labute approximate surface area is 129 Å². The van der Waals surface area contributed by atoms with Gasteiger partial charge in [0.25, 0.3) is 0 Å². The summed E-state index contributed by atoms with van der Waals surface area (Å²) in [7, 11) is 1.41. The first-order valence-corrected chi connectivity index (χ1v) is 7.75. The second-order valence-electron chi connectivity index (χ2n) is 5.99. The second kappa shape index (κ2) is 6.73. The summed E-state index contributed by atoms with van der Waals surface area (Å²) >= 11 is 0. The van der Waals surface area contributed by atoms with Gasteiger partial charge in [0.2, 0.25) is 0 Å². The van der Waals surface area contributed by atoms with Crippen LogP contribution in [0.2, 0.25) is 0 Å². The van der Waals surface area contributed by atoms with E-state index in [2.05, 4.69) is 15.8 Å². The predicted octanol–water partition coefficient (Wildman–Crippen LogP) is 1.23. The third-order valence-electron chi connectivity index (χ3n) is 4.64.